The number of nitrogens with one attached hydrogen (secondary N) is 2. The molecule has 1 aromatic carbocycles. The Hall–Kier alpha value is -2.16. The molecule has 1 atom stereocenters. The third-order valence-electron chi connectivity index (χ3n) is 7.17. The number of alkyl halides is 1. The van der Waals surface area contributed by atoms with Crippen LogP contribution < -0.4 is 15.5 Å². The molecule has 186 valence electrons. The van der Waals surface area contributed by atoms with Crippen LogP contribution in [0.4, 0.5) is 27.5 Å². The largest absolute Gasteiger partial charge is 0.367 e. The van der Waals surface area contributed by atoms with Crippen molar-refractivity contribution < 1.29 is 4.39 Å². The van der Waals surface area contributed by atoms with Crippen LogP contribution in [-0.4, -0.2) is 77.1 Å². The number of benzene rings is 1. The molecule has 0 amide bonds. The number of hydrogen-bond acceptors (Lipinski definition) is 7. The first-order valence-corrected chi connectivity index (χ1v) is 12.9. The van der Waals surface area contributed by atoms with Crippen molar-refractivity contribution >= 4 is 34.7 Å². The van der Waals surface area contributed by atoms with Crippen LogP contribution in [0.3, 0.4) is 0 Å². The fourth-order valence-electron chi connectivity index (χ4n) is 5.00. The van der Waals surface area contributed by atoms with Crippen LogP contribution in [0, 0.1) is 5.82 Å². The molecule has 7 nitrogen and oxygen atoms in total. The van der Waals surface area contributed by atoms with Crippen LogP contribution in [0.15, 0.2) is 30.5 Å². The zero-order valence-electron chi connectivity index (χ0n) is 20.5. The normalized spacial score (nSPS) is 23.8. The topological polar surface area (TPSA) is 59.6 Å². The Labute approximate surface area is 207 Å². The molecule has 1 aromatic heterocycles. The Balaban J connectivity index is 1.34. The van der Waals surface area contributed by atoms with Gasteiger partial charge in [0.15, 0.2) is 11.6 Å². The molecule has 0 spiro atoms. The molecule has 1 saturated carbocycles. The number of piperazine rings is 1. The molecule has 2 aromatic rings. The maximum Gasteiger partial charge on any atom is 0.229 e. The second-order valence-electron chi connectivity index (χ2n) is 9.29. The lowest BCUT2D eigenvalue weighted by molar-refractivity contribution is 0.167. The van der Waals surface area contributed by atoms with Gasteiger partial charge in [-0.15, -0.1) is 11.6 Å². The lowest BCUT2D eigenvalue weighted by Gasteiger charge is -2.37. The summed E-state index contributed by atoms with van der Waals surface area (Å²) in [6.07, 6.45) is 5.52. The number of halogens is 2. The minimum absolute atomic E-state index is 0.0114. The summed E-state index contributed by atoms with van der Waals surface area (Å²) in [6, 6.07) is 8.97. The minimum Gasteiger partial charge on any atom is -0.367 e. The van der Waals surface area contributed by atoms with Gasteiger partial charge in [0.05, 0.1) is 6.20 Å². The van der Waals surface area contributed by atoms with E-state index in [2.05, 4.69) is 61.3 Å². The van der Waals surface area contributed by atoms with Gasteiger partial charge in [-0.2, -0.15) is 4.98 Å². The maximum absolute atomic E-state index is 14.5. The van der Waals surface area contributed by atoms with E-state index < -0.39 is 5.82 Å². The van der Waals surface area contributed by atoms with Crippen molar-refractivity contribution in [1.29, 1.82) is 0 Å². The molecule has 1 unspecified atom stereocenters. The van der Waals surface area contributed by atoms with E-state index in [1.165, 1.54) is 6.20 Å². The van der Waals surface area contributed by atoms with E-state index in [9.17, 15) is 4.39 Å². The molecule has 34 heavy (non-hydrogen) atoms. The molecule has 2 N–H and O–H groups in total. The summed E-state index contributed by atoms with van der Waals surface area (Å²) in [4.78, 5) is 15.5. The molecule has 9 heteroatoms. The number of likely N-dealkylation sites (N-methyl/N-ethyl adjacent to an activating group) is 1. The molecule has 1 saturated heterocycles. The van der Waals surface area contributed by atoms with Gasteiger partial charge in [-0.1, -0.05) is 13.8 Å². The summed E-state index contributed by atoms with van der Waals surface area (Å²) in [6.45, 7) is 9.26. The van der Waals surface area contributed by atoms with E-state index in [4.69, 9.17) is 11.6 Å². The highest BCUT2D eigenvalue weighted by molar-refractivity contribution is 6.20. The maximum atomic E-state index is 14.5. The molecule has 2 heterocycles. The zero-order valence-corrected chi connectivity index (χ0v) is 21.2. The van der Waals surface area contributed by atoms with E-state index >= 15 is 0 Å². The van der Waals surface area contributed by atoms with E-state index in [1.54, 1.807) is 0 Å². The fourth-order valence-corrected chi connectivity index (χ4v) is 5.26. The molecule has 1 aliphatic heterocycles. The predicted octanol–water partition coefficient (Wildman–Crippen LogP) is 4.74. The van der Waals surface area contributed by atoms with Gasteiger partial charge >= 0.3 is 0 Å². The van der Waals surface area contributed by atoms with Gasteiger partial charge in [0.1, 0.15) is 5.50 Å². The van der Waals surface area contributed by atoms with Gasteiger partial charge in [-0.3, -0.25) is 4.90 Å². The Morgan fingerprint density at radius 3 is 2.44 bits per heavy atom. The highest BCUT2D eigenvalue weighted by Crippen LogP contribution is 2.27. The Kier molecular flexibility index (Phi) is 8.45. The van der Waals surface area contributed by atoms with Crippen molar-refractivity contribution in [1.82, 2.24) is 19.8 Å². The average molecular weight is 490 g/mol. The summed E-state index contributed by atoms with van der Waals surface area (Å²) >= 11 is 6.40. The van der Waals surface area contributed by atoms with Crippen LogP contribution in [0.1, 0.15) is 39.5 Å². The zero-order chi connectivity index (χ0) is 24.1. The minimum atomic E-state index is -0.419. The van der Waals surface area contributed by atoms with Crippen LogP contribution >= 0.6 is 11.6 Å². The van der Waals surface area contributed by atoms with Crippen molar-refractivity contribution in [3.8, 4) is 0 Å². The fraction of sp³-hybridized carbons (Fsp3) is 0.600. The summed E-state index contributed by atoms with van der Waals surface area (Å²) in [7, 11) is 2.05. The molecule has 0 bridgehead atoms. The lowest BCUT2D eigenvalue weighted by Crippen LogP contribution is -2.49. The monoisotopic (exact) mass is 489 g/mol. The molecular formula is C25H37ClFN7. The number of nitrogens with zero attached hydrogens (tertiary/aromatic N) is 5. The van der Waals surface area contributed by atoms with E-state index in [-0.39, 0.29) is 17.4 Å². The number of rotatable bonds is 8. The standard InChI is InChI=1S/C25H37ClFN7/c1-4-33(5-2)20-10-6-18(7-11-20)29-24-22(27)16-28-25(31-24)30-19-8-12-21(13-9-19)34-15-14-32(3)23(26)17-34/h8-9,12-13,16,18,20,23H,4-7,10-11,14-15,17H2,1-3H3,(H2,28,29,30,31). The van der Waals surface area contributed by atoms with Gasteiger partial charge in [-0.25, -0.2) is 9.37 Å². The Morgan fingerprint density at radius 1 is 1.09 bits per heavy atom. The van der Waals surface area contributed by atoms with E-state index in [0.29, 0.717) is 12.0 Å². The number of aromatic nitrogens is 2. The molecule has 0 radical (unpaired) electrons. The lowest BCUT2D eigenvalue weighted by atomic mass is 9.90. The highest BCUT2D eigenvalue weighted by atomic mass is 35.5. The van der Waals surface area contributed by atoms with Crippen molar-refractivity contribution in [2.75, 3.05) is 55.3 Å². The third-order valence-corrected chi connectivity index (χ3v) is 7.64. The Bertz CT molecular complexity index is 916. The van der Waals surface area contributed by atoms with Crippen LogP contribution in [0.25, 0.3) is 0 Å². The van der Waals surface area contributed by atoms with Crippen LogP contribution in [0.2, 0.25) is 0 Å². The predicted molar refractivity (Wildman–Crippen MR) is 139 cm³/mol. The number of hydrogen-bond donors (Lipinski definition) is 2. The van der Waals surface area contributed by atoms with Crippen molar-refractivity contribution in [2.24, 2.45) is 0 Å². The SMILES string of the molecule is CCN(CC)C1CCC(Nc2nc(Nc3ccc(N4CCN(C)C(Cl)C4)cc3)ncc2F)CC1. The van der Waals surface area contributed by atoms with Crippen molar-refractivity contribution in [3.63, 3.8) is 0 Å². The first-order valence-electron chi connectivity index (χ1n) is 12.5. The summed E-state index contributed by atoms with van der Waals surface area (Å²) in [5, 5.41) is 6.53. The van der Waals surface area contributed by atoms with Gasteiger partial charge < -0.3 is 20.4 Å². The first-order chi connectivity index (χ1) is 16.5. The van der Waals surface area contributed by atoms with Crippen LogP contribution in [0.5, 0.6) is 0 Å². The summed E-state index contributed by atoms with van der Waals surface area (Å²) in [5.41, 5.74) is 2.00. The summed E-state index contributed by atoms with van der Waals surface area (Å²) < 4.78 is 14.5. The van der Waals surface area contributed by atoms with E-state index in [0.717, 1.165) is 69.8 Å². The second-order valence-corrected chi connectivity index (χ2v) is 9.80. The highest BCUT2D eigenvalue weighted by Gasteiger charge is 2.25. The third kappa shape index (κ3) is 6.09. The molecule has 4 rings (SSSR count). The first kappa shape index (κ1) is 24.9. The van der Waals surface area contributed by atoms with Crippen LogP contribution in [-0.2, 0) is 0 Å². The van der Waals surface area contributed by atoms with Crippen molar-refractivity contribution in [2.45, 2.75) is 57.1 Å². The van der Waals surface area contributed by atoms with Gasteiger partial charge in [0, 0.05) is 43.1 Å². The smallest absolute Gasteiger partial charge is 0.229 e. The van der Waals surface area contributed by atoms with Gasteiger partial charge in [0.25, 0.3) is 0 Å². The van der Waals surface area contributed by atoms with Gasteiger partial charge in [0.2, 0.25) is 5.95 Å². The van der Waals surface area contributed by atoms with E-state index in [1.807, 2.05) is 19.2 Å². The second kappa shape index (κ2) is 11.5. The average Bonchev–Trinajstić information content (AvgIpc) is 2.85. The molecule has 2 fully saturated rings. The summed E-state index contributed by atoms with van der Waals surface area (Å²) in [5.74, 6) is 0.234. The van der Waals surface area contributed by atoms with Gasteiger partial charge in [-0.05, 0) is 70.1 Å². The molecule has 1 aliphatic carbocycles. The molecular weight excluding hydrogens is 453 g/mol. The molecule has 2 aliphatic rings. The van der Waals surface area contributed by atoms with Crippen molar-refractivity contribution in [3.05, 3.63) is 36.3 Å². The quantitative estimate of drug-likeness (QED) is 0.410. The number of anilines is 4. The Morgan fingerprint density at radius 2 is 1.79 bits per heavy atom.